The summed E-state index contributed by atoms with van der Waals surface area (Å²) < 4.78 is 3.59. The van der Waals surface area contributed by atoms with Gasteiger partial charge >= 0.3 is 12.2 Å². The van der Waals surface area contributed by atoms with Crippen LogP contribution in [0.15, 0.2) is 0 Å². The summed E-state index contributed by atoms with van der Waals surface area (Å²) in [4.78, 5) is 19.2. The van der Waals surface area contributed by atoms with Crippen LogP contribution < -0.4 is 0 Å². The molecule has 0 aromatic heterocycles. The van der Waals surface area contributed by atoms with Crippen molar-refractivity contribution in [1.82, 2.24) is 5.06 Å². The fourth-order valence-corrected chi connectivity index (χ4v) is 0.193. The van der Waals surface area contributed by atoms with E-state index in [1.807, 2.05) is 0 Å². The summed E-state index contributed by atoms with van der Waals surface area (Å²) in [5.74, 6) is 0. The minimum atomic E-state index is -1.13. The summed E-state index contributed by atoms with van der Waals surface area (Å²) in [6.45, 7) is 0. The molecule has 1 fully saturated rings. The normalized spacial score (nSPS) is 18.7. The summed E-state index contributed by atoms with van der Waals surface area (Å²) in [7, 11) is 0. The van der Waals surface area contributed by atoms with Crippen LogP contribution in [0.3, 0.4) is 0 Å². The lowest BCUT2D eigenvalue weighted by Gasteiger charge is -2.30. The third kappa shape index (κ3) is 0.347. The molecule has 5 heteroatoms. The maximum atomic E-state index is 9.65. The van der Waals surface area contributed by atoms with E-state index in [0.717, 1.165) is 0 Å². The summed E-state index contributed by atoms with van der Waals surface area (Å²) in [5, 5.41) is 9.29. The fraction of sp³-hybridized carbons (Fsp3) is 0. The number of cyclic esters (lactones) is 2. The Morgan fingerprint density at radius 3 is 1.86 bits per heavy atom. The Morgan fingerprint density at radius 2 is 1.86 bits per heavy atom. The zero-order chi connectivity index (χ0) is 5.44. The highest BCUT2D eigenvalue weighted by atomic mass is 16.8. The van der Waals surface area contributed by atoms with E-state index in [9.17, 15) is 14.8 Å². The van der Waals surface area contributed by atoms with Gasteiger partial charge in [-0.2, -0.15) is 0 Å². The molecule has 7 heavy (non-hydrogen) atoms. The van der Waals surface area contributed by atoms with E-state index in [1.165, 1.54) is 0 Å². The molecule has 1 heterocycles. The van der Waals surface area contributed by atoms with E-state index in [0.29, 0.717) is 0 Å². The van der Waals surface area contributed by atoms with Crippen LogP contribution in [0.1, 0.15) is 0 Å². The standard InChI is InChI=1S/C2NO4/c4-1-3(6)2(5)7-1/q-1. The molecule has 38 valence electrons. The van der Waals surface area contributed by atoms with E-state index in [-0.39, 0.29) is 5.06 Å². The Kier molecular flexibility index (Phi) is 0.547. The first kappa shape index (κ1) is 4.07. The largest absolute Gasteiger partial charge is 0.744 e. The lowest BCUT2D eigenvalue weighted by atomic mass is 10.9. The quantitative estimate of drug-likeness (QED) is 0.405. The number of carbonyl (C=O) groups is 2. The highest BCUT2D eigenvalue weighted by Crippen LogP contribution is 2.05. The topological polar surface area (TPSA) is 69.7 Å². The van der Waals surface area contributed by atoms with E-state index >= 15 is 0 Å². The number of imide groups is 1. The predicted molar refractivity (Wildman–Crippen MR) is 17.1 cm³/mol. The maximum Gasteiger partial charge on any atom is 0.417 e. The summed E-state index contributed by atoms with van der Waals surface area (Å²) in [6, 6.07) is 0. The molecule has 1 rings (SSSR count). The fourth-order valence-electron chi connectivity index (χ4n) is 0.193. The van der Waals surface area contributed by atoms with Gasteiger partial charge in [0, 0.05) is 0 Å². The van der Waals surface area contributed by atoms with Gasteiger partial charge in [0.2, 0.25) is 0 Å². The Morgan fingerprint density at radius 1 is 1.43 bits per heavy atom. The molecule has 0 bridgehead atoms. The zero-order valence-corrected chi connectivity index (χ0v) is 3.08. The van der Waals surface area contributed by atoms with Crippen molar-refractivity contribution in [1.29, 1.82) is 0 Å². The van der Waals surface area contributed by atoms with Crippen LogP contribution in [0.5, 0.6) is 0 Å². The molecule has 0 aliphatic carbocycles. The molecule has 1 aliphatic heterocycles. The van der Waals surface area contributed by atoms with Gasteiger partial charge in [0.15, 0.2) is 0 Å². The number of rotatable bonds is 0. The third-order valence-electron chi connectivity index (χ3n) is 0.506. The van der Waals surface area contributed by atoms with Crippen LogP contribution in [0.25, 0.3) is 0 Å². The SMILES string of the molecule is O=C1OC(=O)N1[O-]. The van der Waals surface area contributed by atoms with Gasteiger partial charge in [-0.25, -0.2) is 9.59 Å². The number of carbonyl (C=O) groups excluding carboxylic acids is 2. The lowest BCUT2D eigenvalue weighted by Crippen LogP contribution is -2.45. The summed E-state index contributed by atoms with van der Waals surface area (Å²) in [5.41, 5.74) is 0. The zero-order valence-electron chi connectivity index (χ0n) is 3.08. The summed E-state index contributed by atoms with van der Waals surface area (Å²) in [6.07, 6.45) is -2.27. The van der Waals surface area contributed by atoms with Crippen LogP contribution in [0.2, 0.25) is 0 Å². The molecule has 0 saturated carbocycles. The molecular formula is C2NO4-. The van der Waals surface area contributed by atoms with E-state index < -0.39 is 12.2 Å². The Balaban J connectivity index is 2.59. The van der Waals surface area contributed by atoms with Gasteiger partial charge < -0.3 is 9.94 Å². The highest BCUT2D eigenvalue weighted by Gasteiger charge is 2.28. The number of nitrogens with zero attached hydrogens (tertiary/aromatic N) is 1. The number of hydrogen-bond donors (Lipinski definition) is 0. The molecule has 1 aliphatic rings. The third-order valence-corrected chi connectivity index (χ3v) is 0.506. The number of hydroxylamine groups is 2. The second-order valence-electron chi connectivity index (χ2n) is 0.928. The predicted octanol–water partition coefficient (Wildman–Crippen LogP) is 0.0564. The highest BCUT2D eigenvalue weighted by molar-refractivity contribution is 6.03. The first-order valence-corrected chi connectivity index (χ1v) is 1.45. The summed E-state index contributed by atoms with van der Waals surface area (Å²) >= 11 is 0. The Bertz CT molecular complexity index is 116. The van der Waals surface area contributed by atoms with Crippen molar-refractivity contribution < 1.29 is 14.3 Å². The van der Waals surface area contributed by atoms with Gasteiger partial charge in [0.05, 0.1) is 0 Å². The van der Waals surface area contributed by atoms with Crippen LogP contribution in [0, 0.1) is 5.21 Å². The molecule has 1 saturated heterocycles. The number of ether oxygens (including phenoxy) is 1. The average Bonchev–Trinajstić information content (AvgIpc) is 1.68. The maximum absolute atomic E-state index is 9.65. The van der Waals surface area contributed by atoms with E-state index in [4.69, 9.17) is 0 Å². The van der Waals surface area contributed by atoms with Crippen LogP contribution >= 0.6 is 0 Å². The molecule has 0 unspecified atom stereocenters. The van der Waals surface area contributed by atoms with E-state index in [1.54, 1.807) is 0 Å². The van der Waals surface area contributed by atoms with Crippen molar-refractivity contribution in [2.24, 2.45) is 0 Å². The smallest absolute Gasteiger partial charge is 0.417 e. The first-order valence-electron chi connectivity index (χ1n) is 1.45. The average molecular weight is 102 g/mol. The van der Waals surface area contributed by atoms with Crippen molar-refractivity contribution >= 4 is 12.2 Å². The second kappa shape index (κ2) is 0.941. The molecular weight excluding hydrogens is 102 g/mol. The molecule has 2 amide bonds. The van der Waals surface area contributed by atoms with Gasteiger partial charge in [-0.1, -0.05) is 0 Å². The lowest BCUT2D eigenvalue weighted by molar-refractivity contribution is 0.0758. The molecule has 0 atom stereocenters. The van der Waals surface area contributed by atoms with Crippen molar-refractivity contribution in [3.63, 3.8) is 0 Å². The Labute approximate surface area is 38.0 Å². The number of hydrogen-bond acceptors (Lipinski definition) is 4. The van der Waals surface area contributed by atoms with Crippen LogP contribution in [-0.4, -0.2) is 17.2 Å². The number of amides is 2. The van der Waals surface area contributed by atoms with Gasteiger partial charge in [-0.05, 0) is 0 Å². The molecule has 5 nitrogen and oxygen atoms in total. The van der Waals surface area contributed by atoms with Crippen LogP contribution in [0.4, 0.5) is 9.59 Å². The monoisotopic (exact) mass is 102 g/mol. The van der Waals surface area contributed by atoms with E-state index in [2.05, 4.69) is 4.74 Å². The molecule has 0 spiro atoms. The Hall–Kier alpha value is -1.10. The minimum absolute atomic E-state index is 0.361. The molecule has 0 N–H and O–H groups in total. The van der Waals surface area contributed by atoms with Gasteiger partial charge in [-0.3, -0.25) is 5.06 Å². The molecule has 0 aromatic carbocycles. The van der Waals surface area contributed by atoms with Gasteiger partial charge in [-0.15, -0.1) is 0 Å². The van der Waals surface area contributed by atoms with Crippen LogP contribution in [-0.2, 0) is 4.74 Å². The van der Waals surface area contributed by atoms with Crippen molar-refractivity contribution in [2.45, 2.75) is 0 Å². The van der Waals surface area contributed by atoms with Crippen molar-refractivity contribution in [3.8, 4) is 0 Å². The van der Waals surface area contributed by atoms with Crippen molar-refractivity contribution in [3.05, 3.63) is 5.21 Å². The van der Waals surface area contributed by atoms with Crippen molar-refractivity contribution in [2.75, 3.05) is 0 Å². The second-order valence-corrected chi connectivity index (χ2v) is 0.928. The van der Waals surface area contributed by atoms with Gasteiger partial charge in [0.1, 0.15) is 0 Å². The molecule has 0 radical (unpaired) electrons. The first-order chi connectivity index (χ1) is 3.22. The minimum Gasteiger partial charge on any atom is -0.744 e. The van der Waals surface area contributed by atoms with Gasteiger partial charge in [0.25, 0.3) is 0 Å². The molecule has 0 aromatic rings.